The van der Waals surface area contributed by atoms with Gasteiger partial charge in [0.2, 0.25) is 0 Å². The average Bonchev–Trinajstić information content (AvgIpc) is 3.29. The number of rotatable bonds is 4. The summed E-state index contributed by atoms with van der Waals surface area (Å²) < 4.78 is 16.7. The SMILES string of the molecule is CN(c1ccc(-c2ccc(-n3ccnc3)cc2O)nn1)[C@H]1C2CCC(NC2)[C@@H]1F. The van der Waals surface area contributed by atoms with Gasteiger partial charge in [0.1, 0.15) is 11.9 Å². The molecule has 0 spiro atoms. The van der Waals surface area contributed by atoms with E-state index in [-0.39, 0.29) is 23.8 Å². The Kier molecular flexibility index (Phi) is 4.43. The standard InChI is InChI=1S/C21H23FN6O/c1-27(21-13-2-5-17(20(21)22)24-11-13)19-7-6-16(25-26-19)15-4-3-14(10-18(15)29)28-9-8-23-12-28/h3-4,6-10,12-13,17,20-21,24,29H,2,5,11H2,1H3/t13?,17?,20-,21-/m0/s1. The number of fused-ring (bicyclic) bond motifs is 3. The van der Waals surface area contributed by atoms with Crippen molar-refractivity contribution in [2.45, 2.75) is 31.1 Å². The molecule has 2 aliphatic heterocycles. The van der Waals surface area contributed by atoms with Gasteiger partial charge in [0.15, 0.2) is 5.82 Å². The predicted octanol–water partition coefficient (Wildman–Crippen LogP) is 2.56. The minimum Gasteiger partial charge on any atom is -0.507 e. The first-order chi connectivity index (χ1) is 14.1. The van der Waals surface area contributed by atoms with Crippen molar-refractivity contribution in [1.82, 2.24) is 25.1 Å². The minimum absolute atomic E-state index is 0.0642. The van der Waals surface area contributed by atoms with Gasteiger partial charge in [-0.1, -0.05) is 0 Å². The highest BCUT2D eigenvalue weighted by atomic mass is 19.1. The zero-order valence-electron chi connectivity index (χ0n) is 16.1. The van der Waals surface area contributed by atoms with Crippen molar-refractivity contribution < 1.29 is 9.50 Å². The number of alkyl halides is 1. The fourth-order valence-electron chi connectivity index (χ4n) is 4.61. The van der Waals surface area contributed by atoms with Gasteiger partial charge in [0, 0.05) is 43.7 Å². The van der Waals surface area contributed by atoms with Gasteiger partial charge < -0.3 is 19.9 Å². The molecule has 2 bridgehead atoms. The second-order valence-electron chi connectivity index (χ2n) is 7.85. The van der Waals surface area contributed by atoms with E-state index in [2.05, 4.69) is 20.5 Å². The predicted molar refractivity (Wildman–Crippen MR) is 108 cm³/mol. The number of anilines is 1. The van der Waals surface area contributed by atoms with Crippen molar-refractivity contribution in [3.63, 3.8) is 0 Å². The summed E-state index contributed by atoms with van der Waals surface area (Å²) in [4.78, 5) is 5.93. The molecule has 1 saturated carbocycles. The number of aromatic hydroxyl groups is 1. The number of nitrogens with one attached hydrogen (secondary N) is 1. The number of halogens is 1. The third-order valence-electron chi connectivity index (χ3n) is 6.20. The number of benzene rings is 1. The van der Waals surface area contributed by atoms with Crippen LogP contribution in [0.5, 0.6) is 5.75 Å². The maximum Gasteiger partial charge on any atom is 0.151 e. The Morgan fingerprint density at radius 3 is 2.72 bits per heavy atom. The summed E-state index contributed by atoms with van der Waals surface area (Å²) in [6, 6.07) is 8.77. The van der Waals surface area contributed by atoms with Gasteiger partial charge in [-0.3, -0.25) is 0 Å². The molecule has 4 heterocycles. The molecule has 2 saturated heterocycles. The fraction of sp³-hybridized carbons (Fsp3) is 0.381. The number of hydrogen-bond donors (Lipinski definition) is 2. The number of nitrogens with zero attached hydrogens (tertiary/aromatic N) is 5. The van der Waals surface area contributed by atoms with Crippen LogP contribution in [0, 0.1) is 5.92 Å². The van der Waals surface area contributed by atoms with Crippen molar-refractivity contribution in [3.05, 3.63) is 49.1 Å². The molecule has 3 aliphatic rings. The second-order valence-corrected chi connectivity index (χ2v) is 7.85. The van der Waals surface area contributed by atoms with Crippen LogP contribution in [0.15, 0.2) is 49.1 Å². The molecular formula is C21H23FN6O. The zero-order chi connectivity index (χ0) is 20.0. The quantitative estimate of drug-likeness (QED) is 0.708. The number of imidazole rings is 1. The molecule has 0 radical (unpaired) electrons. The summed E-state index contributed by atoms with van der Waals surface area (Å²) in [5, 5.41) is 22.4. The van der Waals surface area contributed by atoms with Gasteiger partial charge >= 0.3 is 0 Å². The number of aromatic nitrogens is 4. The number of phenolic OH excluding ortho intramolecular Hbond substituents is 1. The average molecular weight is 394 g/mol. The molecule has 4 atom stereocenters. The monoisotopic (exact) mass is 394 g/mol. The number of phenols is 1. The molecule has 2 N–H and O–H groups in total. The Labute approximate surface area is 168 Å². The molecule has 0 amide bonds. The second kappa shape index (κ2) is 7.11. The van der Waals surface area contributed by atoms with Crippen molar-refractivity contribution in [1.29, 1.82) is 0 Å². The number of piperidine rings is 2. The molecule has 150 valence electrons. The Balaban J connectivity index is 1.38. The van der Waals surface area contributed by atoms with E-state index in [9.17, 15) is 9.50 Å². The first kappa shape index (κ1) is 18.1. The highest BCUT2D eigenvalue weighted by Crippen LogP contribution is 2.36. The normalized spacial score (nSPS) is 25.9. The van der Waals surface area contributed by atoms with Crippen LogP contribution in [-0.2, 0) is 0 Å². The van der Waals surface area contributed by atoms with Crippen molar-refractivity contribution >= 4 is 5.82 Å². The van der Waals surface area contributed by atoms with E-state index in [0.29, 0.717) is 17.1 Å². The molecule has 2 unspecified atom stereocenters. The first-order valence-corrected chi connectivity index (χ1v) is 9.87. The third kappa shape index (κ3) is 3.13. The molecule has 6 rings (SSSR count). The maximum atomic E-state index is 14.8. The maximum absolute atomic E-state index is 14.8. The van der Waals surface area contributed by atoms with Crippen LogP contribution >= 0.6 is 0 Å². The summed E-state index contributed by atoms with van der Waals surface area (Å²) in [7, 11) is 1.89. The highest BCUT2D eigenvalue weighted by Gasteiger charge is 2.46. The molecule has 29 heavy (non-hydrogen) atoms. The first-order valence-electron chi connectivity index (χ1n) is 9.87. The molecule has 1 aliphatic carbocycles. The molecule has 2 aromatic heterocycles. The van der Waals surface area contributed by atoms with Crippen LogP contribution in [0.3, 0.4) is 0 Å². The minimum atomic E-state index is -0.909. The van der Waals surface area contributed by atoms with Gasteiger partial charge in [-0.05, 0) is 43.0 Å². The van der Waals surface area contributed by atoms with Crippen molar-refractivity contribution in [2.24, 2.45) is 5.92 Å². The molecular weight excluding hydrogens is 371 g/mol. The van der Waals surface area contributed by atoms with Crippen LogP contribution in [0.4, 0.5) is 10.2 Å². The van der Waals surface area contributed by atoms with E-state index in [1.54, 1.807) is 24.7 Å². The summed E-state index contributed by atoms with van der Waals surface area (Å²) >= 11 is 0. The fourth-order valence-corrected chi connectivity index (χ4v) is 4.61. The van der Waals surface area contributed by atoms with Gasteiger partial charge in [-0.15, -0.1) is 10.2 Å². The lowest BCUT2D eigenvalue weighted by Gasteiger charge is -2.49. The Morgan fingerprint density at radius 1 is 1.21 bits per heavy atom. The van der Waals surface area contributed by atoms with E-state index in [1.807, 2.05) is 40.9 Å². The molecule has 3 fully saturated rings. The van der Waals surface area contributed by atoms with Crippen molar-refractivity contribution in [2.75, 3.05) is 18.5 Å². The van der Waals surface area contributed by atoms with E-state index < -0.39 is 6.17 Å². The molecule has 7 nitrogen and oxygen atoms in total. The summed E-state index contributed by atoms with van der Waals surface area (Å²) in [6.45, 7) is 0.850. The van der Waals surface area contributed by atoms with E-state index in [0.717, 1.165) is 25.1 Å². The molecule has 8 heteroatoms. The summed E-state index contributed by atoms with van der Waals surface area (Å²) in [5.74, 6) is 1.04. The Hall–Kier alpha value is -3.00. The van der Waals surface area contributed by atoms with Crippen LogP contribution in [0.2, 0.25) is 0 Å². The molecule has 1 aromatic carbocycles. The molecule has 3 aromatic rings. The third-order valence-corrected chi connectivity index (χ3v) is 6.20. The Bertz CT molecular complexity index is 983. The van der Waals surface area contributed by atoms with Gasteiger partial charge in [0.25, 0.3) is 0 Å². The number of hydrogen-bond acceptors (Lipinski definition) is 6. The van der Waals surface area contributed by atoms with Crippen LogP contribution < -0.4 is 10.2 Å². The lowest BCUT2D eigenvalue weighted by molar-refractivity contribution is 0.0702. The van der Waals surface area contributed by atoms with E-state index >= 15 is 0 Å². The lowest BCUT2D eigenvalue weighted by Crippen LogP contribution is -2.64. The van der Waals surface area contributed by atoms with Crippen LogP contribution in [0.25, 0.3) is 16.9 Å². The van der Waals surface area contributed by atoms with Gasteiger partial charge in [-0.25, -0.2) is 9.37 Å². The van der Waals surface area contributed by atoms with E-state index in [1.165, 1.54) is 0 Å². The van der Waals surface area contributed by atoms with Crippen LogP contribution in [-0.4, -0.2) is 56.7 Å². The topological polar surface area (TPSA) is 79.1 Å². The summed E-state index contributed by atoms with van der Waals surface area (Å²) in [6.07, 6.45) is 6.19. The smallest absolute Gasteiger partial charge is 0.151 e. The van der Waals surface area contributed by atoms with Crippen LogP contribution in [0.1, 0.15) is 12.8 Å². The largest absolute Gasteiger partial charge is 0.507 e. The van der Waals surface area contributed by atoms with E-state index in [4.69, 9.17) is 0 Å². The summed E-state index contributed by atoms with van der Waals surface area (Å²) in [5.41, 5.74) is 1.98. The zero-order valence-corrected chi connectivity index (χ0v) is 16.1. The van der Waals surface area contributed by atoms with Gasteiger partial charge in [0.05, 0.1) is 23.8 Å². The highest BCUT2D eigenvalue weighted by molar-refractivity contribution is 5.69. The Morgan fingerprint density at radius 2 is 2.10 bits per heavy atom. The van der Waals surface area contributed by atoms with Gasteiger partial charge in [-0.2, -0.15) is 0 Å². The van der Waals surface area contributed by atoms with Crippen molar-refractivity contribution in [3.8, 4) is 22.7 Å². The lowest BCUT2D eigenvalue weighted by atomic mass is 9.75.